The lowest BCUT2D eigenvalue weighted by Crippen LogP contribution is -2.48. The molecule has 0 aliphatic carbocycles. The molecule has 1 aromatic carbocycles. The van der Waals surface area contributed by atoms with Gasteiger partial charge in [-0.15, -0.1) is 12.4 Å². The van der Waals surface area contributed by atoms with E-state index in [-0.39, 0.29) is 24.4 Å². The van der Waals surface area contributed by atoms with Gasteiger partial charge >= 0.3 is 0 Å². The Balaban J connectivity index is 0.00000288. The normalized spacial score (nSPS) is 18.1. The fraction of sp³-hybridized carbons (Fsp3) is 0.562. The summed E-state index contributed by atoms with van der Waals surface area (Å²) in [7, 11) is 4.68. The third kappa shape index (κ3) is 4.66. The highest BCUT2D eigenvalue weighted by Crippen LogP contribution is 2.39. The first-order valence-electron chi connectivity index (χ1n) is 7.53. The molecule has 136 valence electrons. The number of methoxy groups -OCH3 is 3. The first kappa shape index (κ1) is 20.3. The van der Waals surface area contributed by atoms with E-state index in [1.54, 1.807) is 21.3 Å². The molecule has 1 fully saturated rings. The van der Waals surface area contributed by atoms with Crippen LogP contribution in [0.3, 0.4) is 0 Å². The number of amides is 1. The molecule has 1 aliphatic rings. The maximum absolute atomic E-state index is 12.3. The Kier molecular flexibility index (Phi) is 8.10. The first-order valence-corrected chi connectivity index (χ1v) is 7.53. The van der Waals surface area contributed by atoms with E-state index in [1.165, 1.54) is 0 Å². The van der Waals surface area contributed by atoms with Crippen molar-refractivity contribution in [3.63, 3.8) is 0 Å². The summed E-state index contributed by atoms with van der Waals surface area (Å²) in [5.74, 6) is 1.49. The van der Waals surface area contributed by atoms with Crippen LogP contribution >= 0.6 is 12.4 Å². The molecule has 1 saturated heterocycles. The average Bonchev–Trinajstić information content (AvgIpc) is 2.60. The van der Waals surface area contributed by atoms with Gasteiger partial charge in [0, 0.05) is 13.1 Å². The fourth-order valence-corrected chi connectivity index (χ4v) is 2.47. The van der Waals surface area contributed by atoms with E-state index >= 15 is 0 Å². The zero-order valence-corrected chi connectivity index (χ0v) is 15.2. The van der Waals surface area contributed by atoms with E-state index in [4.69, 9.17) is 18.9 Å². The molecule has 0 aromatic heterocycles. The minimum absolute atomic E-state index is 0. The van der Waals surface area contributed by atoms with E-state index in [9.17, 15) is 4.79 Å². The molecule has 1 amide bonds. The molecule has 0 spiro atoms. The molecule has 24 heavy (non-hydrogen) atoms. The van der Waals surface area contributed by atoms with Crippen LogP contribution in [-0.4, -0.2) is 53.0 Å². The van der Waals surface area contributed by atoms with E-state index in [0.29, 0.717) is 30.4 Å². The van der Waals surface area contributed by atoms with Gasteiger partial charge in [0.05, 0.1) is 34.0 Å². The minimum atomic E-state index is -0.465. The van der Waals surface area contributed by atoms with Crippen molar-refractivity contribution in [1.29, 1.82) is 0 Å². The number of carbonyl (C=O) groups excluding carboxylic acids is 1. The van der Waals surface area contributed by atoms with Crippen molar-refractivity contribution >= 4 is 18.3 Å². The minimum Gasteiger partial charge on any atom is -0.493 e. The highest BCUT2D eigenvalue weighted by atomic mass is 35.5. The van der Waals surface area contributed by atoms with E-state index in [1.807, 2.05) is 19.1 Å². The predicted molar refractivity (Wildman–Crippen MR) is 92.5 cm³/mol. The van der Waals surface area contributed by atoms with Gasteiger partial charge in [-0.05, 0) is 24.6 Å². The summed E-state index contributed by atoms with van der Waals surface area (Å²) in [6.07, 6.45) is -0.465. The van der Waals surface area contributed by atoms with Crippen molar-refractivity contribution < 1.29 is 23.7 Å². The summed E-state index contributed by atoms with van der Waals surface area (Å²) in [4.78, 5) is 12.3. The van der Waals surface area contributed by atoms with Crippen LogP contribution < -0.4 is 24.8 Å². The van der Waals surface area contributed by atoms with E-state index in [0.717, 1.165) is 12.1 Å². The number of hydrogen-bond acceptors (Lipinski definition) is 6. The van der Waals surface area contributed by atoms with Crippen molar-refractivity contribution in [3.8, 4) is 17.2 Å². The van der Waals surface area contributed by atoms with Crippen molar-refractivity contribution in [2.75, 3.05) is 41.0 Å². The van der Waals surface area contributed by atoms with Gasteiger partial charge in [0.15, 0.2) is 11.5 Å². The Bertz CT molecular complexity index is 524. The summed E-state index contributed by atoms with van der Waals surface area (Å²) in [5, 5.41) is 6.09. The van der Waals surface area contributed by atoms with Gasteiger partial charge in [-0.3, -0.25) is 4.79 Å². The molecule has 1 aromatic rings. The van der Waals surface area contributed by atoms with Gasteiger partial charge in [0.1, 0.15) is 6.10 Å². The van der Waals surface area contributed by atoms with Gasteiger partial charge in [-0.1, -0.05) is 0 Å². The summed E-state index contributed by atoms with van der Waals surface area (Å²) in [6, 6.07) is 3.43. The zero-order chi connectivity index (χ0) is 16.8. The lowest BCUT2D eigenvalue weighted by Gasteiger charge is -2.25. The number of carbonyl (C=O) groups is 1. The second-order valence-electron chi connectivity index (χ2n) is 5.25. The van der Waals surface area contributed by atoms with Crippen LogP contribution in [0.25, 0.3) is 0 Å². The van der Waals surface area contributed by atoms with Crippen LogP contribution in [0.2, 0.25) is 0 Å². The average molecular weight is 361 g/mol. The Labute approximate surface area is 148 Å². The monoisotopic (exact) mass is 360 g/mol. The topological polar surface area (TPSA) is 78.1 Å². The number of rotatable bonds is 6. The summed E-state index contributed by atoms with van der Waals surface area (Å²) >= 11 is 0. The van der Waals surface area contributed by atoms with Crippen LogP contribution in [0.4, 0.5) is 0 Å². The van der Waals surface area contributed by atoms with Crippen LogP contribution in [0.5, 0.6) is 17.2 Å². The molecular formula is C16H25ClN2O5. The highest BCUT2D eigenvalue weighted by Gasteiger charge is 2.24. The quantitative estimate of drug-likeness (QED) is 0.796. The van der Waals surface area contributed by atoms with E-state index < -0.39 is 6.10 Å². The number of nitrogens with one attached hydrogen (secondary N) is 2. The number of ether oxygens (including phenoxy) is 4. The molecular weight excluding hydrogens is 336 g/mol. The first-order chi connectivity index (χ1) is 11.1. The molecule has 8 heteroatoms. The SMILES string of the molecule is COc1cc(C(C)NC(=O)C2CNCCO2)cc(OC)c1OC.Cl. The van der Waals surface area contributed by atoms with E-state index in [2.05, 4.69) is 10.6 Å². The molecule has 2 unspecified atom stereocenters. The van der Waals surface area contributed by atoms with Gasteiger partial charge < -0.3 is 29.6 Å². The van der Waals surface area contributed by atoms with Gasteiger partial charge in [-0.2, -0.15) is 0 Å². The van der Waals surface area contributed by atoms with Crippen molar-refractivity contribution in [2.45, 2.75) is 19.1 Å². The second kappa shape index (κ2) is 9.56. The summed E-state index contributed by atoms with van der Waals surface area (Å²) < 4.78 is 21.4. The van der Waals surface area contributed by atoms with Gasteiger partial charge in [0.2, 0.25) is 5.75 Å². The standard InChI is InChI=1S/C16H24N2O5.ClH/c1-10(18-16(19)14-9-17-5-6-23-14)11-7-12(20-2)15(22-4)13(8-11)21-3;/h7-8,10,14,17H,5-6,9H2,1-4H3,(H,18,19);1H. The molecule has 7 nitrogen and oxygen atoms in total. The molecule has 0 bridgehead atoms. The van der Waals surface area contributed by atoms with Crippen LogP contribution in [0.15, 0.2) is 12.1 Å². The lowest BCUT2D eigenvalue weighted by atomic mass is 10.1. The van der Waals surface area contributed by atoms with Crippen LogP contribution in [-0.2, 0) is 9.53 Å². The number of morpholine rings is 1. The highest BCUT2D eigenvalue weighted by molar-refractivity contribution is 5.85. The smallest absolute Gasteiger partial charge is 0.250 e. The molecule has 2 rings (SSSR count). The maximum Gasteiger partial charge on any atom is 0.250 e. The van der Waals surface area contributed by atoms with Crippen LogP contribution in [0, 0.1) is 0 Å². The van der Waals surface area contributed by atoms with Crippen LogP contribution in [0.1, 0.15) is 18.5 Å². The Morgan fingerprint density at radius 1 is 1.25 bits per heavy atom. The number of halogens is 1. The maximum atomic E-state index is 12.3. The van der Waals surface area contributed by atoms with Crippen molar-refractivity contribution in [3.05, 3.63) is 17.7 Å². The van der Waals surface area contributed by atoms with Gasteiger partial charge in [-0.25, -0.2) is 0 Å². The third-order valence-corrected chi connectivity index (χ3v) is 3.77. The predicted octanol–water partition coefficient (Wildman–Crippen LogP) is 1.30. The summed E-state index contributed by atoms with van der Waals surface area (Å²) in [5.41, 5.74) is 0.858. The Morgan fingerprint density at radius 2 is 1.88 bits per heavy atom. The Morgan fingerprint density at radius 3 is 2.33 bits per heavy atom. The third-order valence-electron chi connectivity index (χ3n) is 3.77. The Hall–Kier alpha value is -1.70. The second-order valence-corrected chi connectivity index (χ2v) is 5.25. The summed E-state index contributed by atoms with van der Waals surface area (Å²) in [6.45, 7) is 3.73. The molecule has 1 heterocycles. The van der Waals surface area contributed by atoms with Gasteiger partial charge in [0.25, 0.3) is 5.91 Å². The lowest BCUT2D eigenvalue weighted by molar-refractivity contribution is -0.134. The number of hydrogen-bond donors (Lipinski definition) is 2. The molecule has 1 aliphatic heterocycles. The largest absolute Gasteiger partial charge is 0.493 e. The molecule has 0 radical (unpaired) electrons. The number of benzene rings is 1. The fourth-order valence-electron chi connectivity index (χ4n) is 2.47. The molecule has 0 saturated carbocycles. The molecule has 2 atom stereocenters. The van der Waals surface area contributed by atoms with Crippen molar-refractivity contribution in [2.24, 2.45) is 0 Å². The van der Waals surface area contributed by atoms with Crippen molar-refractivity contribution in [1.82, 2.24) is 10.6 Å². The molecule has 2 N–H and O–H groups in total. The zero-order valence-electron chi connectivity index (χ0n) is 14.4.